The number of carbonyl (C=O) groups is 2. The van der Waals surface area contributed by atoms with Crippen molar-refractivity contribution in [2.75, 3.05) is 26.4 Å². The van der Waals surface area contributed by atoms with E-state index in [2.05, 4.69) is 12.2 Å². The Hall–Kier alpha value is -3.80. The molecule has 6 heteroatoms. The topological polar surface area (TPSA) is 71.1 Å². The third kappa shape index (κ3) is 11.7. The van der Waals surface area contributed by atoms with Crippen LogP contribution in [0.15, 0.2) is 72.8 Å². The smallest absolute Gasteiger partial charge is 0.330 e. The van der Waals surface area contributed by atoms with Crippen LogP contribution in [0.5, 0.6) is 11.5 Å². The van der Waals surface area contributed by atoms with Crippen molar-refractivity contribution in [2.24, 2.45) is 5.92 Å². The van der Waals surface area contributed by atoms with Gasteiger partial charge in [0.2, 0.25) is 0 Å². The molecule has 0 spiro atoms. The van der Waals surface area contributed by atoms with Crippen molar-refractivity contribution in [1.82, 2.24) is 0 Å². The van der Waals surface area contributed by atoms with E-state index in [0.29, 0.717) is 19.6 Å². The first kappa shape index (κ1) is 27.8. The van der Waals surface area contributed by atoms with Crippen LogP contribution < -0.4 is 9.47 Å². The second-order valence-electron chi connectivity index (χ2n) is 8.95. The Balaban J connectivity index is 1.54. The number of rotatable bonds is 0. The summed E-state index contributed by atoms with van der Waals surface area (Å²) in [6.07, 6.45) is 15.0. The van der Waals surface area contributed by atoms with Crippen LogP contribution in [0.3, 0.4) is 0 Å². The summed E-state index contributed by atoms with van der Waals surface area (Å²) in [7, 11) is 0. The van der Waals surface area contributed by atoms with Crippen molar-refractivity contribution < 1.29 is 28.5 Å². The molecule has 37 heavy (non-hydrogen) atoms. The highest BCUT2D eigenvalue weighted by Gasteiger charge is 2.07. The molecule has 0 unspecified atom stereocenters. The molecule has 0 saturated heterocycles. The van der Waals surface area contributed by atoms with Gasteiger partial charge in [-0.15, -0.1) is 0 Å². The van der Waals surface area contributed by atoms with E-state index < -0.39 is 11.9 Å². The quantitative estimate of drug-likeness (QED) is 0.305. The average Bonchev–Trinajstić information content (AvgIpc) is 2.91. The minimum absolute atomic E-state index is 0.0638. The van der Waals surface area contributed by atoms with Crippen molar-refractivity contribution in [1.29, 1.82) is 0 Å². The lowest BCUT2D eigenvalue weighted by atomic mass is 10.1. The fourth-order valence-corrected chi connectivity index (χ4v) is 3.46. The van der Waals surface area contributed by atoms with E-state index in [4.69, 9.17) is 18.9 Å². The van der Waals surface area contributed by atoms with Gasteiger partial charge in [-0.1, -0.05) is 43.3 Å². The van der Waals surface area contributed by atoms with Gasteiger partial charge in [0.15, 0.2) is 0 Å². The molecular formula is C31H36O6. The van der Waals surface area contributed by atoms with Gasteiger partial charge in [0.25, 0.3) is 0 Å². The Morgan fingerprint density at radius 2 is 1.08 bits per heavy atom. The molecule has 0 N–H and O–H groups in total. The van der Waals surface area contributed by atoms with Crippen LogP contribution in [0.1, 0.15) is 50.2 Å². The van der Waals surface area contributed by atoms with Gasteiger partial charge in [-0.2, -0.15) is 0 Å². The van der Waals surface area contributed by atoms with Crippen LogP contribution in [-0.2, 0) is 19.1 Å². The number of hydrogen-bond acceptors (Lipinski definition) is 6. The molecular weight excluding hydrogens is 468 g/mol. The molecule has 4 aliphatic rings. The lowest BCUT2D eigenvalue weighted by molar-refractivity contribution is -0.141. The largest absolute Gasteiger partial charge is 0.494 e. The van der Waals surface area contributed by atoms with Gasteiger partial charge in [-0.3, -0.25) is 0 Å². The zero-order valence-electron chi connectivity index (χ0n) is 21.5. The molecule has 196 valence electrons. The number of hydrogen-bond donors (Lipinski definition) is 0. The molecule has 0 saturated carbocycles. The second kappa shape index (κ2) is 16.0. The number of allylic oxidation sites excluding steroid dienone is 2. The third-order valence-electron chi connectivity index (χ3n) is 5.68. The molecule has 6 rings (SSSR count). The first-order chi connectivity index (χ1) is 18.1. The SMILES string of the molecule is C[C@H]1CCOC(=O)/C=C\c2ccc(cc2)OCCC/C=C\CCCOc2ccc(cc2)C=CC(=O)OC1. The van der Waals surface area contributed by atoms with Crippen LogP contribution in [0.4, 0.5) is 0 Å². The maximum Gasteiger partial charge on any atom is 0.330 e. The Kier molecular flexibility index (Phi) is 12.0. The number of ether oxygens (including phenoxy) is 4. The van der Waals surface area contributed by atoms with Crippen molar-refractivity contribution in [2.45, 2.75) is 39.0 Å². The van der Waals surface area contributed by atoms with Crippen LogP contribution in [0.25, 0.3) is 12.2 Å². The van der Waals surface area contributed by atoms with E-state index in [1.807, 2.05) is 55.5 Å². The van der Waals surface area contributed by atoms with Gasteiger partial charge in [-0.25, -0.2) is 9.59 Å². The van der Waals surface area contributed by atoms with Crippen LogP contribution in [0.2, 0.25) is 0 Å². The molecule has 0 radical (unpaired) electrons. The molecule has 0 aromatic heterocycles. The Morgan fingerprint density at radius 1 is 0.595 bits per heavy atom. The number of carbonyl (C=O) groups excluding carboxylic acids is 2. The Bertz CT molecular complexity index is 1050. The highest BCUT2D eigenvalue weighted by atomic mass is 16.5. The average molecular weight is 505 g/mol. The highest BCUT2D eigenvalue weighted by molar-refractivity contribution is 5.87. The first-order valence-electron chi connectivity index (χ1n) is 12.9. The molecule has 4 aliphatic heterocycles. The minimum Gasteiger partial charge on any atom is -0.494 e. The van der Waals surface area contributed by atoms with Gasteiger partial charge < -0.3 is 18.9 Å². The van der Waals surface area contributed by atoms with Crippen molar-refractivity contribution in [3.05, 3.63) is 84.0 Å². The summed E-state index contributed by atoms with van der Waals surface area (Å²) in [6.45, 7) is 3.76. The molecule has 4 heterocycles. The van der Waals surface area contributed by atoms with Crippen LogP contribution in [-0.4, -0.2) is 38.4 Å². The van der Waals surface area contributed by atoms with Gasteiger partial charge in [0.1, 0.15) is 11.5 Å². The van der Waals surface area contributed by atoms with E-state index >= 15 is 0 Å². The summed E-state index contributed by atoms with van der Waals surface area (Å²) in [5, 5.41) is 0. The molecule has 2 aromatic carbocycles. The molecule has 2 aromatic rings. The lowest BCUT2D eigenvalue weighted by Crippen LogP contribution is -2.13. The fourth-order valence-electron chi connectivity index (χ4n) is 3.46. The van der Waals surface area contributed by atoms with Crippen LogP contribution in [0, 0.1) is 5.92 Å². The minimum atomic E-state index is -0.406. The Morgan fingerprint density at radius 3 is 1.59 bits per heavy atom. The highest BCUT2D eigenvalue weighted by Crippen LogP contribution is 2.15. The molecule has 0 aliphatic carbocycles. The van der Waals surface area contributed by atoms with E-state index in [0.717, 1.165) is 48.3 Å². The van der Waals surface area contributed by atoms with Crippen molar-refractivity contribution in [3.63, 3.8) is 0 Å². The van der Waals surface area contributed by atoms with Gasteiger partial charge >= 0.3 is 11.9 Å². The zero-order valence-corrected chi connectivity index (χ0v) is 21.5. The van der Waals surface area contributed by atoms with E-state index in [-0.39, 0.29) is 19.1 Å². The number of benzene rings is 2. The van der Waals surface area contributed by atoms with Crippen molar-refractivity contribution >= 4 is 24.1 Å². The van der Waals surface area contributed by atoms with Gasteiger partial charge in [0, 0.05) is 12.2 Å². The van der Waals surface area contributed by atoms with Gasteiger partial charge in [0.05, 0.1) is 26.4 Å². The van der Waals surface area contributed by atoms with E-state index in [9.17, 15) is 9.59 Å². The monoisotopic (exact) mass is 504 g/mol. The van der Waals surface area contributed by atoms with Crippen molar-refractivity contribution in [3.8, 4) is 11.5 Å². The normalized spacial score (nSPS) is 20.6. The standard InChI is InChI=1S/C31H36O6/c1-25-20-23-36-30(32)18-12-26-8-14-28(15-9-26)34-21-6-4-2-3-5-7-22-35-29-16-10-27(11-17-29)13-19-31(33)37-24-25/h2-3,8-19,25H,4-7,20-24H2,1H3/b3-2-,18-12-,19-13?/t25-/m0/s1. The summed E-state index contributed by atoms with van der Waals surface area (Å²) in [5.74, 6) is 0.860. The molecule has 0 fully saturated rings. The number of esters is 2. The van der Waals surface area contributed by atoms with E-state index in [1.165, 1.54) is 12.2 Å². The molecule has 6 nitrogen and oxygen atoms in total. The predicted molar refractivity (Wildman–Crippen MR) is 145 cm³/mol. The zero-order chi connectivity index (χ0) is 26.1. The predicted octanol–water partition coefficient (Wildman–Crippen LogP) is 6.41. The summed E-state index contributed by atoms with van der Waals surface area (Å²) in [5.41, 5.74) is 1.78. The summed E-state index contributed by atoms with van der Waals surface area (Å²) in [4.78, 5) is 24.0. The third-order valence-corrected chi connectivity index (χ3v) is 5.68. The fraction of sp³-hybridized carbons (Fsp3) is 0.355. The van der Waals surface area contributed by atoms with Crippen LogP contribution >= 0.6 is 0 Å². The second-order valence-corrected chi connectivity index (χ2v) is 8.95. The molecule has 4 bridgehead atoms. The lowest BCUT2D eigenvalue weighted by Gasteiger charge is -2.11. The first-order valence-corrected chi connectivity index (χ1v) is 12.9. The molecule has 0 amide bonds. The maximum atomic E-state index is 12.0. The summed E-state index contributed by atoms with van der Waals surface area (Å²) in [6, 6.07) is 15.2. The Labute approximate surface area is 219 Å². The molecule has 1 atom stereocenters. The maximum absolute atomic E-state index is 12.0. The van der Waals surface area contributed by atoms with E-state index in [1.54, 1.807) is 12.2 Å². The summed E-state index contributed by atoms with van der Waals surface area (Å²) >= 11 is 0. The van der Waals surface area contributed by atoms with Gasteiger partial charge in [-0.05, 0) is 85.6 Å². The summed E-state index contributed by atoms with van der Waals surface area (Å²) < 4.78 is 22.2.